The lowest BCUT2D eigenvalue weighted by molar-refractivity contribution is -0.127. The number of nitrogens with one attached hydrogen (secondary N) is 1. The number of carbonyl (C=O) groups excluding carboxylic acids is 1. The third kappa shape index (κ3) is 2.75. The van der Waals surface area contributed by atoms with Crippen LogP contribution in [0.2, 0.25) is 0 Å². The van der Waals surface area contributed by atoms with Crippen molar-refractivity contribution in [1.82, 2.24) is 5.32 Å². The first kappa shape index (κ1) is 11.9. The van der Waals surface area contributed by atoms with Gasteiger partial charge < -0.3 is 10.1 Å². The van der Waals surface area contributed by atoms with Gasteiger partial charge in [-0.3, -0.25) is 4.79 Å². The number of carbonyl (C=O) groups is 1. The molecular weight excluding hydrogens is 221 g/mol. The zero-order chi connectivity index (χ0) is 12.3. The number of halogens is 1. The van der Waals surface area contributed by atoms with E-state index in [1.807, 2.05) is 0 Å². The summed E-state index contributed by atoms with van der Waals surface area (Å²) in [5.74, 6) is 0.0625. The normalized spacial score (nSPS) is 15.2. The van der Waals surface area contributed by atoms with Crippen LogP contribution in [0.15, 0.2) is 18.2 Å². The molecule has 1 fully saturated rings. The van der Waals surface area contributed by atoms with E-state index < -0.39 is 5.82 Å². The van der Waals surface area contributed by atoms with Gasteiger partial charge in [-0.2, -0.15) is 0 Å². The standard InChI is InChI=1S/C13H16FNO2/c1-17-12-6-5-9(7-11(12)14)8-15-13(16)10-3-2-4-10/h5-7,10H,2-4,8H2,1H3,(H,15,16). The number of ether oxygens (including phenoxy) is 1. The highest BCUT2D eigenvalue weighted by Gasteiger charge is 2.24. The fourth-order valence-corrected chi connectivity index (χ4v) is 1.82. The predicted octanol–water partition coefficient (Wildman–Crippen LogP) is 2.25. The Kier molecular flexibility index (Phi) is 3.61. The highest BCUT2D eigenvalue weighted by Crippen LogP contribution is 2.26. The molecule has 3 nitrogen and oxygen atoms in total. The summed E-state index contributed by atoms with van der Waals surface area (Å²) in [7, 11) is 1.43. The van der Waals surface area contributed by atoms with Crippen LogP contribution >= 0.6 is 0 Å². The second-order valence-corrected chi connectivity index (χ2v) is 4.31. The third-order valence-electron chi connectivity index (χ3n) is 3.16. The third-order valence-corrected chi connectivity index (χ3v) is 3.16. The largest absolute Gasteiger partial charge is 0.494 e. The lowest BCUT2D eigenvalue weighted by atomic mass is 9.85. The Bertz CT molecular complexity index is 416. The Hall–Kier alpha value is -1.58. The fourth-order valence-electron chi connectivity index (χ4n) is 1.82. The summed E-state index contributed by atoms with van der Waals surface area (Å²) in [5.41, 5.74) is 0.746. The van der Waals surface area contributed by atoms with Crippen LogP contribution < -0.4 is 10.1 Å². The number of amides is 1. The molecule has 92 valence electrons. The molecule has 2 rings (SSSR count). The summed E-state index contributed by atoms with van der Waals surface area (Å²) in [5, 5.41) is 2.82. The van der Waals surface area contributed by atoms with Gasteiger partial charge in [0.15, 0.2) is 11.6 Å². The summed E-state index contributed by atoms with van der Waals surface area (Å²) >= 11 is 0. The lowest BCUT2D eigenvalue weighted by Crippen LogP contribution is -2.33. The molecule has 0 spiro atoms. The molecule has 1 aliphatic carbocycles. The second kappa shape index (κ2) is 5.17. The number of hydrogen-bond donors (Lipinski definition) is 1. The van der Waals surface area contributed by atoms with Gasteiger partial charge in [0.2, 0.25) is 5.91 Å². The minimum absolute atomic E-state index is 0.0764. The molecule has 0 aliphatic heterocycles. The maximum absolute atomic E-state index is 13.4. The molecule has 1 aromatic rings. The highest BCUT2D eigenvalue weighted by atomic mass is 19.1. The fraction of sp³-hybridized carbons (Fsp3) is 0.462. The lowest BCUT2D eigenvalue weighted by Gasteiger charge is -2.24. The molecule has 0 heterocycles. The van der Waals surface area contributed by atoms with Crippen molar-refractivity contribution in [2.45, 2.75) is 25.8 Å². The van der Waals surface area contributed by atoms with Gasteiger partial charge in [0.25, 0.3) is 0 Å². The Morgan fingerprint density at radius 2 is 2.29 bits per heavy atom. The predicted molar refractivity (Wildman–Crippen MR) is 62.1 cm³/mol. The van der Waals surface area contributed by atoms with Crippen molar-refractivity contribution in [3.63, 3.8) is 0 Å². The quantitative estimate of drug-likeness (QED) is 0.872. The maximum Gasteiger partial charge on any atom is 0.223 e. The van der Waals surface area contributed by atoms with Gasteiger partial charge in [-0.1, -0.05) is 12.5 Å². The van der Waals surface area contributed by atoms with E-state index in [1.165, 1.54) is 13.2 Å². The van der Waals surface area contributed by atoms with Crippen molar-refractivity contribution < 1.29 is 13.9 Å². The van der Waals surface area contributed by atoms with E-state index in [0.717, 1.165) is 24.8 Å². The van der Waals surface area contributed by atoms with Crippen LogP contribution in [0.3, 0.4) is 0 Å². The van der Waals surface area contributed by atoms with Crippen LogP contribution in [0, 0.1) is 11.7 Å². The Balaban J connectivity index is 1.90. The molecule has 17 heavy (non-hydrogen) atoms. The number of rotatable bonds is 4. The SMILES string of the molecule is COc1ccc(CNC(=O)C2CCC2)cc1F. The van der Waals surface area contributed by atoms with Crippen LogP contribution in [0.25, 0.3) is 0 Å². The number of methoxy groups -OCH3 is 1. The van der Waals surface area contributed by atoms with Gasteiger partial charge in [0, 0.05) is 12.5 Å². The van der Waals surface area contributed by atoms with Crippen molar-refractivity contribution in [1.29, 1.82) is 0 Å². The van der Waals surface area contributed by atoms with E-state index in [-0.39, 0.29) is 17.6 Å². The highest BCUT2D eigenvalue weighted by molar-refractivity contribution is 5.79. The molecule has 1 aromatic carbocycles. The van der Waals surface area contributed by atoms with Crippen LogP contribution in [0.4, 0.5) is 4.39 Å². The number of hydrogen-bond acceptors (Lipinski definition) is 2. The summed E-state index contributed by atoms with van der Waals surface area (Å²) < 4.78 is 18.2. The molecule has 0 bridgehead atoms. The minimum Gasteiger partial charge on any atom is -0.494 e. The molecule has 0 radical (unpaired) electrons. The van der Waals surface area contributed by atoms with Crippen LogP contribution in [-0.4, -0.2) is 13.0 Å². The van der Waals surface area contributed by atoms with Crippen LogP contribution in [0.5, 0.6) is 5.75 Å². The van der Waals surface area contributed by atoms with Gasteiger partial charge in [0.05, 0.1) is 7.11 Å². The zero-order valence-corrected chi connectivity index (χ0v) is 9.83. The molecule has 1 amide bonds. The van der Waals surface area contributed by atoms with Crippen molar-refractivity contribution in [2.24, 2.45) is 5.92 Å². The average molecular weight is 237 g/mol. The summed E-state index contributed by atoms with van der Waals surface area (Å²) in [6.07, 6.45) is 3.08. The van der Waals surface area contributed by atoms with Crippen LogP contribution in [-0.2, 0) is 11.3 Å². The molecule has 0 saturated heterocycles. The average Bonchev–Trinajstić information content (AvgIpc) is 2.24. The second-order valence-electron chi connectivity index (χ2n) is 4.31. The Morgan fingerprint density at radius 3 is 2.82 bits per heavy atom. The first-order valence-electron chi connectivity index (χ1n) is 5.81. The first-order valence-corrected chi connectivity index (χ1v) is 5.81. The van der Waals surface area contributed by atoms with Crippen LogP contribution in [0.1, 0.15) is 24.8 Å². The van der Waals surface area contributed by atoms with Gasteiger partial charge in [-0.05, 0) is 30.5 Å². The van der Waals surface area contributed by atoms with Gasteiger partial charge >= 0.3 is 0 Å². The first-order chi connectivity index (χ1) is 8.20. The smallest absolute Gasteiger partial charge is 0.223 e. The van der Waals surface area contributed by atoms with Crippen molar-refractivity contribution in [3.05, 3.63) is 29.6 Å². The number of benzene rings is 1. The van der Waals surface area contributed by atoms with Gasteiger partial charge in [-0.15, -0.1) is 0 Å². The van der Waals surface area contributed by atoms with Crippen molar-refractivity contribution in [3.8, 4) is 5.75 Å². The van der Waals surface area contributed by atoms with E-state index in [4.69, 9.17) is 4.74 Å². The Morgan fingerprint density at radius 1 is 1.53 bits per heavy atom. The van der Waals surface area contributed by atoms with E-state index in [9.17, 15) is 9.18 Å². The molecule has 1 N–H and O–H groups in total. The molecular formula is C13H16FNO2. The van der Waals surface area contributed by atoms with E-state index in [1.54, 1.807) is 12.1 Å². The topological polar surface area (TPSA) is 38.3 Å². The van der Waals surface area contributed by atoms with E-state index >= 15 is 0 Å². The van der Waals surface area contributed by atoms with E-state index in [2.05, 4.69) is 5.32 Å². The Labute approximate surface area is 100.0 Å². The summed E-state index contributed by atoms with van der Waals surface area (Å²) in [4.78, 5) is 11.6. The molecule has 0 atom stereocenters. The molecule has 4 heteroatoms. The zero-order valence-electron chi connectivity index (χ0n) is 9.83. The van der Waals surface area contributed by atoms with Gasteiger partial charge in [0.1, 0.15) is 0 Å². The minimum atomic E-state index is -0.400. The molecule has 0 unspecified atom stereocenters. The molecule has 1 saturated carbocycles. The monoisotopic (exact) mass is 237 g/mol. The van der Waals surface area contributed by atoms with Crippen molar-refractivity contribution in [2.75, 3.05) is 7.11 Å². The molecule has 0 aromatic heterocycles. The van der Waals surface area contributed by atoms with E-state index in [0.29, 0.717) is 6.54 Å². The molecule has 1 aliphatic rings. The maximum atomic E-state index is 13.4. The van der Waals surface area contributed by atoms with Crippen molar-refractivity contribution >= 4 is 5.91 Å². The summed E-state index contributed by atoms with van der Waals surface area (Å²) in [6.45, 7) is 0.371. The van der Waals surface area contributed by atoms with Gasteiger partial charge in [-0.25, -0.2) is 4.39 Å². The summed E-state index contributed by atoms with van der Waals surface area (Å²) in [6, 6.07) is 4.71.